The topological polar surface area (TPSA) is 38.9 Å². The highest BCUT2D eigenvalue weighted by Crippen LogP contribution is 2.23. The summed E-state index contributed by atoms with van der Waals surface area (Å²) < 4.78 is 0. The smallest absolute Gasteiger partial charge is 0.0726 e. The maximum Gasteiger partial charge on any atom is 0.0726 e. The molecule has 1 heterocycles. The van der Waals surface area contributed by atoms with Crippen LogP contribution in [0.3, 0.4) is 0 Å². The lowest BCUT2D eigenvalue weighted by molar-refractivity contribution is 0.828. The van der Waals surface area contributed by atoms with Crippen LogP contribution in [-0.2, 0) is 0 Å². The number of benzene rings is 2. The van der Waals surface area contributed by atoms with Crippen molar-refractivity contribution in [1.82, 2.24) is 4.98 Å². The highest BCUT2D eigenvalue weighted by molar-refractivity contribution is 5.83. The van der Waals surface area contributed by atoms with Crippen molar-refractivity contribution in [3.63, 3.8) is 0 Å². The molecule has 0 saturated heterocycles. The molecule has 3 aromatic rings. The van der Waals surface area contributed by atoms with Gasteiger partial charge in [0.2, 0.25) is 0 Å². The third-order valence-electron chi connectivity index (χ3n) is 3.39. The van der Waals surface area contributed by atoms with Crippen LogP contribution in [0.25, 0.3) is 10.8 Å². The van der Waals surface area contributed by atoms with Crippen molar-refractivity contribution < 1.29 is 0 Å². The van der Waals surface area contributed by atoms with Gasteiger partial charge >= 0.3 is 0 Å². The van der Waals surface area contributed by atoms with Crippen LogP contribution >= 0.6 is 0 Å². The van der Waals surface area contributed by atoms with Crippen molar-refractivity contribution in [2.24, 2.45) is 5.73 Å². The van der Waals surface area contributed by atoms with Crippen molar-refractivity contribution in [2.75, 3.05) is 0 Å². The van der Waals surface area contributed by atoms with Crippen molar-refractivity contribution in [2.45, 2.75) is 13.0 Å². The second kappa shape index (κ2) is 4.82. The number of aryl methyl sites for hydroxylation is 1. The molecule has 1 aromatic heterocycles. The van der Waals surface area contributed by atoms with E-state index in [1.54, 1.807) is 0 Å². The lowest BCUT2D eigenvalue weighted by Crippen LogP contribution is -2.13. The third kappa shape index (κ3) is 2.35. The molecule has 2 aromatic carbocycles. The summed E-state index contributed by atoms with van der Waals surface area (Å²) in [5.74, 6) is 0. The quantitative estimate of drug-likeness (QED) is 0.752. The molecule has 3 rings (SSSR count). The number of nitrogens with zero attached hydrogens (tertiary/aromatic N) is 1. The minimum Gasteiger partial charge on any atom is -0.319 e. The fourth-order valence-electron chi connectivity index (χ4n) is 2.30. The fraction of sp³-hybridized carbons (Fsp3) is 0.118. The largest absolute Gasteiger partial charge is 0.319 e. The fourth-order valence-corrected chi connectivity index (χ4v) is 2.30. The van der Waals surface area contributed by atoms with Gasteiger partial charge in [-0.1, -0.05) is 36.4 Å². The number of fused-ring (bicyclic) bond motifs is 1. The van der Waals surface area contributed by atoms with E-state index in [4.69, 9.17) is 5.73 Å². The molecule has 0 aliphatic rings. The molecular formula is C17H16N2. The Bertz CT molecular complexity index is 719. The van der Waals surface area contributed by atoms with Gasteiger partial charge in [0.1, 0.15) is 0 Å². The average Bonchev–Trinajstić information content (AvgIpc) is 2.46. The molecule has 0 aliphatic carbocycles. The van der Waals surface area contributed by atoms with Crippen LogP contribution in [0.5, 0.6) is 0 Å². The average molecular weight is 248 g/mol. The highest BCUT2D eigenvalue weighted by Gasteiger charge is 2.10. The molecule has 0 spiro atoms. The Kier molecular flexibility index (Phi) is 3.02. The molecule has 0 amide bonds. The Hall–Kier alpha value is -2.19. The molecule has 2 heteroatoms. The maximum absolute atomic E-state index is 6.31. The van der Waals surface area contributed by atoms with Gasteiger partial charge in [0.25, 0.3) is 0 Å². The summed E-state index contributed by atoms with van der Waals surface area (Å²) in [5.41, 5.74) is 9.50. The summed E-state index contributed by atoms with van der Waals surface area (Å²) >= 11 is 0. The number of hydrogen-bond donors (Lipinski definition) is 1. The Balaban J connectivity index is 2.04. The van der Waals surface area contributed by atoms with Crippen LogP contribution < -0.4 is 5.73 Å². The first-order chi connectivity index (χ1) is 9.24. The number of hydrogen-bond acceptors (Lipinski definition) is 2. The molecule has 1 atom stereocenters. The van der Waals surface area contributed by atoms with Crippen LogP contribution in [0.1, 0.15) is 22.9 Å². The summed E-state index contributed by atoms with van der Waals surface area (Å²) in [6.45, 7) is 2.05. The van der Waals surface area contributed by atoms with Crippen LogP contribution in [0.15, 0.2) is 60.8 Å². The minimum atomic E-state index is -0.176. The molecule has 1 unspecified atom stereocenters. The van der Waals surface area contributed by atoms with E-state index in [0.29, 0.717) is 0 Å². The van der Waals surface area contributed by atoms with Crippen molar-refractivity contribution >= 4 is 10.8 Å². The zero-order valence-corrected chi connectivity index (χ0v) is 10.9. The summed E-state index contributed by atoms with van der Waals surface area (Å²) in [7, 11) is 0. The first-order valence-corrected chi connectivity index (χ1v) is 6.41. The third-order valence-corrected chi connectivity index (χ3v) is 3.39. The lowest BCUT2D eigenvalue weighted by Gasteiger charge is -2.13. The second-order valence-corrected chi connectivity index (χ2v) is 4.84. The molecule has 0 bridgehead atoms. The van der Waals surface area contributed by atoms with Gasteiger partial charge in [-0.05, 0) is 47.0 Å². The zero-order valence-electron chi connectivity index (χ0n) is 10.9. The van der Waals surface area contributed by atoms with E-state index in [2.05, 4.69) is 42.2 Å². The van der Waals surface area contributed by atoms with Crippen LogP contribution in [-0.4, -0.2) is 4.98 Å². The normalized spacial score (nSPS) is 12.5. The second-order valence-electron chi connectivity index (χ2n) is 4.84. The molecule has 0 fully saturated rings. The van der Waals surface area contributed by atoms with Gasteiger partial charge in [-0.2, -0.15) is 0 Å². The van der Waals surface area contributed by atoms with E-state index in [9.17, 15) is 0 Å². The van der Waals surface area contributed by atoms with E-state index in [1.807, 2.05) is 30.5 Å². The summed E-state index contributed by atoms with van der Waals surface area (Å²) in [6, 6.07) is 18.5. The van der Waals surface area contributed by atoms with Gasteiger partial charge in [-0.15, -0.1) is 0 Å². The van der Waals surface area contributed by atoms with E-state index >= 15 is 0 Å². The highest BCUT2D eigenvalue weighted by atomic mass is 14.8. The van der Waals surface area contributed by atoms with E-state index in [-0.39, 0.29) is 6.04 Å². The van der Waals surface area contributed by atoms with Crippen LogP contribution in [0.2, 0.25) is 0 Å². The molecule has 94 valence electrons. The molecule has 0 aliphatic heterocycles. The number of nitrogens with two attached hydrogens (primary N) is 1. The number of pyridine rings is 1. The van der Waals surface area contributed by atoms with Crippen molar-refractivity contribution in [1.29, 1.82) is 0 Å². The zero-order chi connectivity index (χ0) is 13.2. The Morgan fingerprint density at radius 2 is 1.74 bits per heavy atom. The summed E-state index contributed by atoms with van der Waals surface area (Å²) in [6.07, 6.45) is 1.81. The predicted octanol–water partition coefficient (Wildman–Crippen LogP) is 3.59. The van der Waals surface area contributed by atoms with Gasteiger partial charge < -0.3 is 5.73 Å². The molecular weight excluding hydrogens is 232 g/mol. The minimum absolute atomic E-state index is 0.176. The molecule has 0 radical (unpaired) electrons. The molecule has 19 heavy (non-hydrogen) atoms. The maximum atomic E-state index is 6.31. The predicted molar refractivity (Wildman–Crippen MR) is 79.0 cm³/mol. The SMILES string of the molecule is Cc1ccnc(C(N)c2ccc3ccccc3c2)c1. The molecule has 2 nitrogen and oxygen atoms in total. The Morgan fingerprint density at radius 1 is 0.947 bits per heavy atom. The first-order valence-electron chi connectivity index (χ1n) is 6.41. The van der Waals surface area contributed by atoms with Crippen molar-refractivity contribution in [3.8, 4) is 0 Å². The van der Waals surface area contributed by atoms with E-state index < -0.39 is 0 Å². The van der Waals surface area contributed by atoms with E-state index in [1.165, 1.54) is 16.3 Å². The standard InChI is InChI=1S/C17H16N2/c1-12-8-9-19-16(10-12)17(18)15-7-6-13-4-2-3-5-14(13)11-15/h2-11,17H,18H2,1H3. The van der Waals surface area contributed by atoms with Gasteiger partial charge in [-0.3, -0.25) is 4.98 Å². The lowest BCUT2D eigenvalue weighted by atomic mass is 9.99. The Morgan fingerprint density at radius 3 is 2.53 bits per heavy atom. The van der Waals surface area contributed by atoms with Crippen molar-refractivity contribution in [3.05, 3.63) is 77.6 Å². The number of rotatable bonds is 2. The molecule has 0 saturated carbocycles. The Labute approximate surface area is 112 Å². The molecule has 2 N–H and O–H groups in total. The monoisotopic (exact) mass is 248 g/mol. The van der Waals surface area contributed by atoms with E-state index in [0.717, 1.165) is 11.3 Å². The van der Waals surface area contributed by atoms with Crippen LogP contribution in [0, 0.1) is 6.92 Å². The summed E-state index contributed by atoms with van der Waals surface area (Å²) in [4.78, 5) is 4.37. The van der Waals surface area contributed by atoms with Gasteiger partial charge in [0.05, 0.1) is 11.7 Å². The van der Waals surface area contributed by atoms with Gasteiger partial charge in [0.15, 0.2) is 0 Å². The first kappa shape index (κ1) is 11.9. The number of aromatic nitrogens is 1. The van der Waals surface area contributed by atoms with Gasteiger partial charge in [-0.25, -0.2) is 0 Å². The van der Waals surface area contributed by atoms with Gasteiger partial charge in [0, 0.05) is 6.20 Å². The van der Waals surface area contributed by atoms with Crippen LogP contribution in [0.4, 0.5) is 0 Å². The summed E-state index contributed by atoms with van der Waals surface area (Å²) in [5, 5.41) is 2.44.